The lowest BCUT2D eigenvalue weighted by Gasteiger charge is -2.07. The van der Waals surface area contributed by atoms with E-state index in [-0.39, 0.29) is 11.8 Å². The van der Waals surface area contributed by atoms with Crippen molar-refractivity contribution in [1.29, 1.82) is 0 Å². The minimum Gasteiger partial charge on any atom is -0.348 e. The molecule has 1 aromatic carbocycles. The lowest BCUT2D eigenvalue weighted by Crippen LogP contribution is -2.22. The van der Waals surface area contributed by atoms with Gasteiger partial charge in [-0.1, -0.05) is 31.1 Å². The number of rotatable bonds is 6. The zero-order valence-corrected chi connectivity index (χ0v) is 14.7. The number of pyridine rings is 1. The van der Waals surface area contributed by atoms with Gasteiger partial charge in [0.15, 0.2) is 0 Å². The summed E-state index contributed by atoms with van der Waals surface area (Å²) in [6.45, 7) is 0.420. The summed E-state index contributed by atoms with van der Waals surface area (Å²) in [6.07, 6.45) is 11.7. The Bertz CT molecular complexity index is 764. The molecule has 2 aromatic rings. The van der Waals surface area contributed by atoms with Crippen molar-refractivity contribution in [3.8, 4) is 0 Å². The van der Waals surface area contributed by atoms with Gasteiger partial charge in [-0.25, -0.2) is 0 Å². The summed E-state index contributed by atoms with van der Waals surface area (Å²) in [5.41, 5.74) is 2.24. The quantitative estimate of drug-likeness (QED) is 0.781. The van der Waals surface area contributed by atoms with E-state index in [1.165, 1.54) is 31.9 Å². The molecule has 0 radical (unpaired) electrons. The molecule has 2 amide bonds. The Labute approximate surface area is 153 Å². The van der Waals surface area contributed by atoms with Crippen molar-refractivity contribution in [3.63, 3.8) is 0 Å². The van der Waals surface area contributed by atoms with Gasteiger partial charge in [0, 0.05) is 24.6 Å². The van der Waals surface area contributed by atoms with Crippen LogP contribution in [0.2, 0.25) is 0 Å². The summed E-state index contributed by atoms with van der Waals surface area (Å²) in [5.74, 6) is 0.286. The first-order chi connectivity index (χ1) is 12.7. The largest absolute Gasteiger partial charge is 0.348 e. The Morgan fingerprint density at radius 2 is 1.88 bits per heavy atom. The number of carbonyl (C=O) groups is 2. The van der Waals surface area contributed by atoms with Gasteiger partial charge in [-0.15, -0.1) is 0 Å². The molecule has 134 valence electrons. The highest BCUT2D eigenvalue weighted by Crippen LogP contribution is 2.25. The van der Waals surface area contributed by atoms with Gasteiger partial charge in [0.05, 0.1) is 5.56 Å². The number of amides is 2. The molecule has 1 aromatic heterocycles. The fourth-order valence-corrected chi connectivity index (χ4v) is 3.04. The first-order valence-electron chi connectivity index (χ1n) is 8.97. The van der Waals surface area contributed by atoms with E-state index in [4.69, 9.17) is 0 Å². The predicted molar refractivity (Wildman–Crippen MR) is 102 cm³/mol. The van der Waals surface area contributed by atoms with Crippen LogP contribution in [-0.2, 0) is 11.3 Å². The maximum atomic E-state index is 12.0. The molecule has 1 saturated carbocycles. The number of carbonyl (C=O) groups excluding carboxylic acids is 2. The summed E-state index contributed by atoms with van der Waals surface area (Å²) < 4.78 is 0. The molecular formula is C21H23N3O2. The molecule has 0 saturated heterocycles. The molecule has 1 aliphatic rings. The summed E-state index contributed by atoms with van der Waals surface area (Å²) in [7, 11) is 0. The number of hydrogen-bond donors (Lipinski definition) is 2. The highest BCUT2D eigenvalue weighted by Gasteiger charge is 2.11. The molecule has 3 rings (SSSR count). The second-order valence-corrected chi connectivity index (χ2v) is 6.51. The molecule has 0 atom stereocenters. The first-order valence-corrected chi connectivity index (χ1v) is 8.97. The van der Waals surface area contributed by atoms with E-state index in [1.54, 1.807) is 24.4 Å². The van der Waals surface area contributed by atoms with Crippen LogP contribution in [0.15, 0.2) is 60.9 Å². The van der Waals surface area contributed by atoms with Crippen LogP contribution < -0.4 is 10.6 Å². The van der Waals surface area contributed by atoms with Crippen LogP contribution in [0.25, 0.3) is 0 Å². The van der Waals surface area contributed by atoms with Crippen LogP contribution in [0.4, 0.5) is 5.69 Å². The number of allylic oxidation sites excluding steroid dienone is 1. The molecule has 1 fully saturated rings. The molecular weight excluding hydrogens is 326 g/mol. The molecule has 0 spiro atoms. The summed E-state index contributed by atoms with van der Waals surface area (Å²) in [6, 6.07) is 10.9. The average molecular weight is 349 g/mol. The zero-order chi connectivity index (χ0) is 18.2. The van der Waals surface area contributed by atoms with Gasteiger partial charge in [0.2, 0.25) is 5.91 Å². The lowest BCUT2D eigenvalue weighted by molar-refractivity contribution is -0.111. The highest BCUT2D eigenvalue weighted by molar-refractivity contribution is 5.99. The zero-order valence-electron chi connectivity index (χ0n) is 14.7. The van der Waals surface area contributed by atoms with Crippen LogP contribution in [0.5, 0.6) is 0 Å². The normalized spacial score (nSPS) is 14.5. The summed E-state index contributed by atoms with van der Waals surface area (Å²) >= 11 is 0. The summed E-state index contributed by atoms with van der Waals surface area (Å²) in [4.78, 5) is 27.9. The third-order valence-corrected chi connectivity index (χ3v) is 4.52. The standard InChI is InChI=1S/C21H23N3O2/c25-20(12-9-16-4-1-2-5-16)24-19-10-7-17(8-11-19)14-23-21(26)18-6-3-13-22-15-18/h3,6-13,15-16H,1-2,4-5,14H2,(H,23,26)(H,24,25)/b12-9+. The van der Waals surface area contributed by atoms with Gasteiger partial charge >= 0.3 is 0 Å². The molecule has 0 aliphatic heterocycles. The van der Waals surface area contributed by atoms with E-state index in [0.29, 0.717) is 18.0 Å². The number of nitrogens with one attached hydrogen (secondary N) is 2. The topological polar surface area (TPSA) is 71.1 Å². The number of aromatic nitrogens is 1. The monoisotopic (exact) mass is 349 g/mol. The molecule has 0 unspecified atom stereocenters. The Hall–Kier alpha value is -2.95. The van der Waals surface area contributed by atoms with Crippen molar-refractivity contribution in [2.24, 2.45) is 5.92 Å². The predicted octanol–water partition coefficient (Wildman–Crippen LogP) is 3.70. The smallest absolute Gasteiger partial charge is 0.253 e. The van der Waals surface area contributed by atoms with E-state index in [2.05, 4.69) is 15.6 Å². The number of nitrogens with zero attached hydrogens (tertiary/aromatic N) is 1. The van der Waals surface area contributed by atoms with Gasteiger partial charge in [-0.2, -0.15) is 0 Å². The second-order valence-electron chi connectivity index (χ2n) is 6.51. The van der Waals surface area contributed by atoms with Crippen molar-refractivity contribution in [2.45, 2.75) is 32.2 Å². The van der Waals surface area contributed by atoms with Crippen LogP contribution in [-0.4, -0.2) is 16.8 Å². The van der Waals surface area contributed by atoms with E-state index in [9.17, 15) is 9.59 Å². The fourth-order valence-electron chi connectivity index (χ4n) is 3.04. The Morgan fingerprint density at radius 3 is 2.58 bits per heavy atom. The first kappa shape index (κ1) is 17.9. The number of anilines is 1. The van der Waals surface area contributed by atoms with Gasteiger partial charge in [0.1, 0.15) is 0 Å². The van der Waals surface area contributed by atoms with E-state index in [1.807, 2.05) is 30.3 Å². The number of hydrogen-bond acceptors (Lipinski definition) is 3. The minimum absolute atomic E-state index is 0.102. The van der Waals surface area contributed by atoms with Gasteiger partial charge in [-0.3, -0.25) is 14.6 Å². The Kier molecular flexibility index (Phi) is 6.14. The van der Waals surface area contributed by atoms with E-state index < -0.39 is 0 Å². The van der Waals surface area contributed by atoms with Gasteiger partial charge < -0.3 is 10.6 Å². The number of benzene rings is 1. The molecule has 5 nitrogen and oxygen atoms in total. The third kappa shape index (κ3) is 5.28. The SMILES string of the molecule is O=C(/C=C/C1CCCC1)Nc1ccc(CNC(=O)c2cccnc2)cc1. The molecule has 5 heteroatoms. The van der Waals surface area contributed by atoms with Crippen LogP contribution in [0.3, 0.4) is 0 Å². The van der Waals surface area contributed by atoms with Gasteiger partial charge in [-0.05, 0) is 54.7 Å². The highest BCUT2D eigenvalue weighted by atomic mass is 16.2. The van der Waals surface area contributed by atoms with Crippen molar-refractivity contribution >= 4 is 17.5 Å². The maximum absolute atomic E-state index is 12.0. The second kappa shape index (κ2) is 8.94. The molecule has 0 bridgehead atoms. The molecule has 2 N–H and O–H groups in total. The van der Waals surface area contributed by atoms with Crippen molar-refractivity contribution in [3.05, 3.63) is 72.1 Å². The van der Waals surface area contributed by atoms with Crippen LogP contribution in [0, 0.1) is 5.92 Å². The van der Waals surface area contributed by atoms with Gasteiger partial charge in [0.25, 0.3) is 5.91 Å². The summed E-state index contributed by atoms with van der Waals surface area (Å²) in [5, 5.41) is 5.71. The lowest BCUT2D eigenvalue weighted by atomic mass is 10.1. The van der Waals surface area contributed by atoms with Crippen LogP contribution >= 0.6 is 0 Å². The fraction of sp³-hybridized carbons (Fsp3) is 0.286. The molecule has 1 heterocycles. The van der Waals surface area contributed by atoms with Crippen molar-refractivity contribution in [1.82, 2.24) is 10.3 Å². The minimum atomic E-state index is -0.160. The Balaban J connectivity index is 1.47. The maximum Gasteiger partial charge on any atom is 0.253 e. The average Bonchev–Trinajstić information content (AvgIpc) is 3.20. The van der Waals surface area contributed by atoms with Crippen molar-refractivity contribution in [2.75, 3.05) is 5.32 Å². The molecule has 26 heavy (non-hydrogen) atoms. The van der Waals surface area contributed by atoms with E-state index in [0.717, 1.165) is 11.3 Å². The molecule has 1 aliphatic carbocycles. The Morgan fingerprint density at radius 1 is 1.12 bits per heavy atom. The third-order valence-electron chi connectivity index (χ3n) is 4.52. The van der Waals surface area contributed by atoms with Crippen molar-refractivity contribution < 1.29 is 9.59 Å². The van der Waals surface area contributed by atoms with E-state index >= 15 is 0 Å². The van der Waals surface area contributed by atoms with Crippen LogP contribution in [0.1, 0.15) is 41.6 Å².